The molecule has 0 heterocycles. The summed E-state index contributed by atoms with van der Waals surface area (Å²) in [5.41, 5.74) is 5.09. The van der Waals surface area contributed by atoms with Gasteiger partial charge in [0.2, 0.25) is 17.7 Å². The fourth-order valence-electron chi connectivity index (χ4n) is 1.17. The monoisotopic (exact) mass is 288 g/mol. The summed E-state index contributed by atoms with van der Waals surface area (Å²) in [6, 6.07) is -2.84. The molecule has 0 aromatic rings. The van der Waals surface area contributed by atoms with Crippen LogP contribution in [-0.4, -0.2) is 53.5 Å². The lowest BCUT2D eigenvalue weighted by molar-refractivity contribution is -0.141. The Kier molecular flexibility index (Phi) is 7.22. The van der Waals surface area contributed by atoms with Crippen molar-refractivity contribution < 1.29 is 24.3 Å². The van der Waals surface area contributed by atoms with Gasteiger partial charge in [0.25, 0.3) is 0 Å². The molecule has 0 unspecified atom stereocenters. The standard InChI is InChI=1S/C11H20N4O5/c1-5(13-8(16)4-12)9(17)14-6(2)10(18)15-7(3)11(19)20/h5-7H,4,12H2,1-3H3,(H,13,16)(H,14,17)(H,15,18)(H,19,20)/t5-,6+,7+/m0/s1. The zero-order valence-corrected chi connectivity index (χ0v) is 11.6. The van der Waals surface area contributed by atoms with Crippen molar-refractivity contribution >= 4 is 23.7 Å². The van der Waals surface area contributed by atoms with E-state index in [0.717, 1.165) is 0 Å². The number of carbonyl (C=O) groups is 4. The van der Waals surface area contributed by atoms with E-state index in [0.29, 0.717) is 0 Å². The first kappa shape index (κ1) is 17.8. The summed E-state index contributed by atoms with van der Waals surface area (Å²) in [7, 11) is 0. The third kappa shape index (κ3) is 6.14. The first-order valence-electron chi connectivity index (χ1n) is 6.02. The number of rotatable bonds is 7. The highest BCUT2D eigenvalue weighted by molar-refractivity contribution is 5.93. The molecule has 0 aliphatic carbocycles. The molecule has 0 aromatic carbocycles. The second kappa shape index (κ2) is 8.10. The molecule has 0 aliphatic heterocycles. The Hall–Kier alpha value is -2.16. The molecule has 3 amide bonds. The van der Waals surface area contributed by atoms with Gasteiger partial charge in [-0.1, -0.05) is 0 Å². The Bertz CT molecular complexity index is 398. The van der Waals surface area contributed by atoms with Crippen LogP contribution in [0, 0.1) is 0 Å². The van der Waals surface area contributed by atoms with Gasteiger partial charge < -0.3 is 26.8 Å². The predicted molar refractivity (Wildman–Crippen MR) is 69.5 cm³/mol. The van der Waals surface area contributed by atoms with Crippen LogP contribution in [0.4, 0.5) is 0 Å². The summed E-state index contributed by atoms with van der Waals surface area (Å²) in [5, 5.41) is 15.5. The van der Waals surface area contributed by atoms with E-state index in [2.05, 4.69) is 16.0 Å². The van der Waals surface area contributed by atoms with Crippen molar-refractivity contribution in [3.63, 3.8) is 0 Å². The molecule has 0 fully saturated rings. The van der Waals surface area contributed by atoms with Crippen LogP contribution in [-0.2, 0) is 19.2 Å². The van der Waals surface area contributed by atoms with Crippen LogP contribution in [0.5, 0.6) is 0 Å². The fourth-order valence-corrected chi connectivity index (χ4v) is 1.17. The summed E-state index contributed by atoms with van der Waals surface area (Å²) in [5.74, 6) is -2.88. The van der Waals surface area contributed by atoms with Crippen molar-refractivity contribution in [2.24, 2.45) is 5.73 Å². The molecule has 0 spiro atoms. The lowest BCUT2D eigenvalue weighted by Gasteiger charge is -2.19. The average Bonchev–Trinajstić information content (AvgIpc) is 2.37. The zero-order chi connectivity index (χ0) is 15.9. The Morgan fingerprint density at radius 2 is 1.30 bits per heavy atom. The number of hydrogen-bond acceptors (Lipinski definition) is 5. The maximum Gasteiger partial charge on any atom is 0.325 e. The van der Waals surface area contributed by atoms with Crippen molar-refractivity contribution in [3.05, 3.63) is 0 Å². The number of aliphatic carboxylic acids is 1. The van der Waals surface area contributed by atoms with Gasteiger partial charge in [0.15, 0.2) is 0 Å². The van der Waals surface area contributed by atoms with Gasteiger partial charge in [0.1, 0.15) is 18.1 Å². The topological polar surface area (TPSA) is 151 Å². The third-order valence-corrected chi connectivity index (χ3v) is 2.44. The molecule has 6 N–H and O–H groups in total. The van der Waals surface area contributed by atoms with E-state index in [-0.39, 0.29) is 6.54 Å². The molecule has 0 aromatic heterocycles. The number of nitrogens with two attached hydrogens (primary N) is 1. The highest BCUT2D eigenvalue weighted by atomic mass is 16.4. The minimum atomic E-state index is -1.18. The van der Waals surface area contributed by atoms with Crippen molar-refractivity contribution in [2.45, 2.75) is 38.9 Å². The van der Waals surface area contributed by atoms with E-state index in [1.807, 2.05) is 0 Å². The molecule has 3 atom stereocenters. The average molecular weight is 288 g/mol. The quantitative estimate of drug-likeness (QED) is 0.350. The van der Waals surface area contributed by atoms with E-state index < -0.39 is 41.8 Å². The number of carboxylic acids is 1. The number of amides is 3. The first-order chi connectivity index (χ1) is 9.18. The van der Waals surface area contributed by atoms with Gasteiger partial charge >= 0.3 is 5.97 Å². The highest BCUT2D eigenvalue weighted by Crippen LogP contribution is 1.90. The molecule has 20 heavy (non-hydrogen) atoms. The number of carbonyl (C=O) groups excluding carboxylic acids is 3. The number of hydrogen-bond donors (Lipinski definition) is 5. The number of nitrogens with one attached hydrogen (secondary N) is 3. The third-order valence-electron chi connectivity index (χ3n) is 2.44. The highest BCUT2D eigenvalue weighted by Gasteiger charge is 2.23. The van der Waals surface area contributed by atoms with Crippen LogP contribution in [0.15, 0.2) is 0 Å². The van der Waals surface area contributed by atoms with E-state index in [4.69, 9.17) is 10.8 Å². The smallest absolute Gasteiger partial charge is 0.325 e. The molecule has 9 heteroatoms. The second-order valence-corrected chi connectivity index (χ2v) is 4.29. The largest absolute Gasteiger partial charge is 0.480 e. The summed E-state index contributed by atoms with van der Waals surface area (Å²) in [4.78, 5) is 44.9. The Morgan fingerprint density at radius 3 is 1.70 bits per heavy atom. The molecular weight excluding hydrogens is 268 g/mol. The Morgan fingerprint density at radius 1 is 0.900 bits per heavy atom. The summed E-state index contributed by atoms with van der Waals surface area (Å²) in [6.45, 7) is 3.90. The maximum atomic E-state index is 11.7. The molecule has 9 nitrogen and oxygen atoms in total. The summed E-state index contributed by atoms with van der Waals surface area (Å²) in [6.07, 6.45) is 0. The van der Waals surface area contributed by atoms with E-state index >= 15 is 0 Å². The van der Waals surface area contributed by atoms with Crippen molar-refractivity contribution in [1.29, 1.82) is 0 Å². The van der Waals surface area contributed by atoms with Crippen LogP contribution in [0.25, 0.3) is 0 Å². The maximum absolute atomic E-state index is 11.7. The van der Waals surface area contributed by atoms with Gasteiger partial charge in [-0.2, -0.15) is 0 Å². The Balaban J connectivity index is 4.34. The van der Waals surface area contributed by atoms with Crippen LogP contribution >= 0.6 is 0 Å². The van der Waals surface area contributed by atoms with Crippen LogP contribution < -0.4 is 21.7 Å². The van der Waals surface area contributed by atoms with Gasteiger partial charge in [-0.15, -0.1) is 0 Å². The molecule has 0 saturated heterocycles. The molecule has 0 rings (SSSR count). The molecule has 0 aliphatic rings. The molecule has 0 bridgehead atoms. The summed E-state index contributed by atoms with van der Waals surface area (Å²) < 4.78 is 0. The predicted octanol–water partition coefficient (Wildman–Crippen LogP) is -2.46. The SMILES string of the molecule is C[C@H](NC(=O)CN)C(=O)N[C@H](C)C(=O)N[C@H](C)C(=O)O. The molecule has 114 valence electrons. The lowest BCUT2D eigenvalue weighted by atomic mass is 10.2. The molecule has 0 saturated carbocycles. The number of carboxylic acid groups (broad SMARTS) is 1. The van der Waals surface area contributed by atoms with Gasteiger partial charge in [-0.05, 0) is 20.8 Å². The van der Waals surface area contributed by atoms with Gasteiger partial charge in [0, 0.05) is 0 Å². The van der Waals surface area contributed by atoms with Crippen molar-refractivity contribution in [2.75, 3.05) is 6.54 Å². The molecular formula is C11H20N4O5. The van der Waals surface area contributed by atoms with E-state index in [1.54, 1.807) is 0 Å². The normalized spacial score (nSPS) is 14.6. The van der Waals surface area contributed by atoms with Crippen LogP contribution in [0.3, 0.4) is 0 Å². The van der Waals surface area contributed by atoms with Crippen LogP contribution in [0.1, 0.15) is 20.8 Å². The van der Waals surface area contributed by atoms with Gasteiger partial charge in [0.05, 0.1) is 6.54 Å². The van der Waals surface area contributed by atoms with E-state index in [9.17, 15) is 19.2 Å². The second-order valence-electron chi connectivity index (χ2n) is 4.29. The fraction of sp³-hybridized carbons (Fsp3) is 0.636. The minimum absolute atomic E-state index is 0.246. The summed E-state index contributed by atoms with van der Waals surface area (Å²) >= 11 is 0. The van der Waals surface area contributed by atoms with E-state index in [1.165, 1.54) is 20.8 Å². The lowest BCUT2D eigenvalue weighted by Crippen LogP contribution is -2.54. The van der Waals surface area contributed by atoms with Gasteiger partial charge in [-0.3, -0.25) is 19.2 Å². The Labute approximate surface area is 116 Å². The zero-order valence-electron chi connectivity index (χ0n) is 11.6. The van der Waals surface area contributed by atoms with Crippen molar-refractivity contribution in [1.82, 2.24) is 16.0 Å². The van der Waals surface area contributed by atoms with Gasteiger partial charge in [-0.25, -0.2) is 0 Å². The minimum Gasteiger partial charge on any atom is -0.480 e. The van der Waals surface area contributed by atoms with Crippen molar-refractivity contribution in [3.8, 4) is 0 Å². The first-order valence-corrected chi connectivity index (χ1v) is 6.02. The molecule has 0 radical (unpaired) electrons. The van der Waals surface area contributed by atoms with Crippen LogP contribution in [0.2, 0.25) is 0 Å².